The molecular weight excluding hydrogens is 602 g/mol. The van der Waals surface area contributed by atoms with Crippen molar-refractivity contribution < 1.29 is 19.1 Å². The molecule has 5 nitrogen and oxygen atoms in total. The Hall–Kier alpha value is -2.41. The lowest BCUT2D eigenvalue weighted by Gasteiger charge is -2.49. The highest BCUT2D eigenvalue weighted by molar-refractivity contribution is 9.10. The van der Waals surface area contributed by atoms with E-state index in [1.54, 1.807) is 7.11 Å². The summed E-state index contributed by atoms with van der Waals surface area (Å²) in [7, 11) is 1.71. The number of methoxy groups -OCH3 is 1. The third-order valence-electron chi connectivity index (χ3n) is 8.35. The highest BCUT2D eigenvalue weighted by atomic mass is 79.9. The molecule has 3 aliphatic rings. The molecule has 0 aromatic heterocycles. The molecule has 41 heavy (non-hydrogen) atoms. The van der Waals surface area contributed by atoms with Crippen molar-refractivity contribution in [3.63, 3.8) is 0 Å². The third-order valence-corrected chi connectivity index (χ3v) is 9.17. The molecule has 0 N–H and O–H groups in total. The lowest BCUT2D eigenvalue weighted by molar-refractivity contribution is -0.119. The largest absolute Gasteiger partial charge is 0.487 e. The Morgan fingerprint density at radius 2 is 1.49 bits per heavy atom. The quantitative estimate of drug-likeness (QED) is 0.271. The van der Waals surface area contributed by atoms with Gasteiger partial charge in [0, 0.05) is 66.0 Å². The summed E-state index contributed by atoms with van der Waals surface area (Å²) in [5.41, 5.74) is 5.21. The van der Waals surface area contributed by atoms with Crippen molar-refractivity contribution in [1.29, 1.82) is 0 Å². The summed E-state index contributed by atoms with van der Waals surface area (Å²) in [6.45, 7) is 10.4. The number of ketones is 2. The van der Waals surface area contributed by atoms with Crippen molar-refractivity contribution in [2.45, 2.75) is 72.3 Å². The van der Waals surface area contributed by atoms with Crippen molar-refractivity contribution >= 4 is 39.1 Å². The molecular formula is C34H39BrClNO4. The minimum atomic E-state index is -0.427. The molecule has 5 rings (SSSR count). The number of hydrogen-bond donors (Lipinski definition) is 0. The van der Waals surface area contributed by atoms with E-state index in [-0.39, 0.29) is 22.4 Å². The highest BCUT2D eigenvalue weighted by Gasteiger charge is 2.48. The van der Waals surface area contributed by atoms with Crippen LogP contribution in [0.3, 0.4) is 0 Å². The first-order chi connectivity index (χ1) is 19.4. The number of nitrogens with zero attached hydrogens (tertiary/aromatic N) is 1. The van der Waals surface area contributed by atoms with Gasteiger partial charge in [-0.25, -0.2) is 0 Å². The number of benzene rings is 2. The van der Waals surface area contributed by atoms with E-state index in [1.165, 1.54) is 0 Å². The summed E-state index contributed by atoms with van der Waals surface area (Å²) in [6.07, 6.45) is 3.29. The Morgan fingerprint density at radius 3 is 2.02 bits per heavy atom. The number of allylic oxidation sites excluding steroid dienone is 4. The zero-order valence-electron chi connectivity index (χ0n) is 24.6. The minimum Gasteiger partial charge on any atom is -0.487 e. The SMILES string of the molecule is COCCCN1C2=C(C(=O)CC(C)(C)C2)C(c2ccc(OCc3ccc(Br)cc3)c(Cl)c2)C2=C1CC(C)(C)CC2=O. The van der Waals surface area contributed by atoms with Crippen molar-refractivity contribution in [3.8, 4) is 5.75 Å². The summed E-state index contributed by atoms with van der Waals surface area (Å²) < 4.78 is 12.4. The molecule has 0 saturated heterocycles. The Labute approximate surface area is 257 Å². The van der Waals surface area contributed by atoms with Gasteiger partial charge in [-0.3, -0.25) is 9.59 Å². The fourth-order valence-corrected chi connectivity index (χ4v) is 7.08. The number of hydrogen-bond acceptors (Lipinski definition) is 5. The van der Waals surface area contributed by atoms with Gasteiger partial charge in [-0.15, -0.1) is 0 Å². The predicted molar refractivity (Wildman–Crippen MR) is 166 cm³/mol. The molecule has 7 heteroatoms. The van der Waals surface area contributed by atoms with Crippen LogP contribution in [-0.4, -0.2) is 36.7 Å². The Bertz CT molecular complexity index is 1370. The molecule has 0 saturated carbocycles. The summed E-state index contributed by atoms with van der Waals surface area (Å²) in [5.74, 6) is 0.387. The number of Topliss-reactive ketones (excluding diaryl/α,β-unsaturated/α-hetero) is 2. The minimum absolute atomic E-state index is 0.119. The molecule has 218 valence electrons. The Morgan fingerprint density at radius 1 is 0.902 bits per heavy atom. The second-order valence-electron chi connectivity index (χ2n) is 13.1. The Balaban J connectivity index is 1.58. The van der Waals surface area contributed by atoms with E-state index in [9.17, 15) is 9.59 Å². The molecule has 2 aromatic carbocycles. The van der Waals surface area contributed by atoms with Gasteiger partial charge in [-0.1, -0.05) is 73.4 Å². The molecule has 0 unspecified atom stereocenters. The van der Waals surface area contributed by atoms with Gasteiger partial charge in [0.25, 0.3) is 0 Å². The molecule has 0 fully saturated rings. The van der Waals surface area contributed by atoms with Crippen LogP contribution in [0.4, 0.5) is 0 Å². The summed E-state index contributed by atoms with van der Waals surface area (Å²) in [4.78, 5) is 30.2. The van der Waals surface area contributed by atoms with Gasteiger partial charge in [0.05, 0.1) is 5.02 Å². The second kappa shape index (κ2) is 11.7. The van der Waals surface area contributed by atoms with Crippen molar-refractivity contribution in [3.05, 3.63) is 85.6 Å². The van der Waals surface area contributed by atoms with Gasteiger partial charge in [0.2, 0.25) is 0 Å². The van der Waals surface area contributed by atoms with Gasteiger partial charge in [-0.2, -0.15) is 0 Å². The molecule has 0 atom stereocenters. The molecule has 2 aromatic rings. The number of rotatable bonds is 8. The second-order valence-corrected chi connectivity index (χ2v) is 14.5. The zero-order chi connectivity index (χ0) is 29.5. The van der Waals surface area contributed by atoms with Crippen LogP contribution in [0.25, 0.3) is 0 Å². The van der Waals surface area contributed by atoms with Crippen LogP contribution in [0.1, 0.15) is 76.8 Å². The number of carbonyl (C=O) groups excluding carboxylic acids is 2. The van der Waals surface area contributed by atoms with E-state index < -0.39 is 5.92 Å². The van der Waals surface area contributed by atoms with E-state index in [2.05, 4.69) is 48.5 Å². The highest BCUT2D eigenvalue weighted by Crippen LogP contribution is 2.54. The first-order valence-electron chi connectivity index (χ1n) is 14.3. The van der Waals surface area contributed by atoms with E-state index in [0.717, 1.165) is 57.4 Å². The molecule has 1 aliphatic heterocycles. The van der Waals surface area contributed by atoms with Crippen LogP contribution in [0.5, 0.6) is 5.75 Å². The summed E-state index contributed by atoms with van der Waals surface area (Å²) >= 11 is 10.3. The maximum atomic E-state index is 13.9. The summed E-state index contributed by atoms with van der Waals surface area (Å²) in [6, 6.07) is 13.7. The van der Waals surface area contributed by atoms with E-state index in [1.807, 2.05) is 42.5 Å². The van der Waals surface area contributed by atoms with Crippen molar-refractivity contribution in [1.82, 2.24) is 4.90 Å². The predicted octanol–water partition coefficient (Wildman–Crippen LogP) is 8.40. The van der Waals surface area contributed by atoms with Crippen molar-refractivity contribution in [2.24, 2.45) is 10.8 Å². The molecule has 0 radical (unpaired) electrons. The Kier molecular flexibility index (Phi) is 8.58. The maximum absolute atomic E-state index is 13.9. The van der Waals surface area contributed by atoms with E-state index >= 15 is 0 Å². The van der Waals surface area contributed by atoms with Crippen LogP contribution in [0.15, 0.2) is 69.5 Å². The third kappa shape index (κ3) is 6.35. The molecule has 1 heterocycles. The monoisotopic (exact) mass is 639 g/mol. The van der Waals surface area contributed by atoms with Gasteiger partial charge >= 0.3 is 0 Å². The van der Waals surface area contributed by atoms with Crippen LogP contribution >= 0.6 is 27.5 Å². The van der Waals surface area contributed by atoms with Crippen LogP contribution in [0.2, 0.25) is 5.02 Å². The van der Waals surface area contributed by atoms with E-state index in [0.29, 0.717) is 43.4 Å². The first kappa shape index (κ1) is 30.1. The van der Waals surface area contributed by atoms with Crippen LogP contribution in [-0.2, 0) is 20.9 Å². The van der Waals surface area contributed by atoms with Crippen LogP contribution in [0, 0.1) is 10.8 Å². The standard InChI is InChI=1S/C34H39BrClNO4/c1-33(2)16-25-31(27(38)18-33)30(32-26(37(25)13-6-14-40-5)17-34(3,4)19-28(32)39)22-9-12-29(24(36)15-22)41-20-21-7-10-23(35)11-8-21/h7-12,15,30H,6,13-14,16-20H2,1-5H3. The van der Waals surface area contributed by atoms with Crippen molar-refractivity contribution in [2.75, 3.05) is 20.3 Å². The topological polar surface area (TPSA) is 55.8 Å². The number of halogens is 2. The fourth-order valence-electron chi connectivity index (χ4n) is 6.57. The van der Waals surface area contributed by atoms with Gasteiger partial charge in [-0.05, 0) is 65.5 Å². The summed E-state index contributed by atoms with van der Waals surface area (Å²) in [5, 5.41) is 0.471. The number of ether oxygens (including phenoxy) is 2. The molecule has 0 bridgehead atoms. The average Bonchev–Trinajstić information content (AvgIpc) is 2.88. The lowest BCUT2D eigenvalue weighted by Crippen LogP contribution is -2.44. The molecule has 0 spiro atoms. The zero-order valence-corrected chi connectivity index (χ0v) is 27.0. The normalized spacial score (nSPS) is 20.3. The fraction of sp³-hybridized carbons (Fsp3) is 0.471. The average molecular weight is 641 g/mol. The van der Waals surface area contributed by atoms with Gasteiger partial charge in [0.1, 0.15) is 12.4 Å². The lowest BCUT2D eigenvalue weighted by atomic mass is 9.63. The number of carbonyl (C=O) groups is 2. The first-order valence-corrected chi connectivity index (χ1v) is 15.5. The smallest absolute Gasteiger partial charge is 0.162 e. The maximum Gasteiger partial charge on any atom is 0.162 e. The van der Waals surface area contributed by atoms with E-state index in [4.69, 9.17) is 21.1 Å². The van der Waals surface area contributed by atoms with Crippen LogP contribution < -0.4 is 4.74 Å². The van der Waals surface area contributed by atoms with Gasteiger partial charge < -0.3 is 14.4 Å². The molecule has 0 amide bonds. The van der Waals surface area contributed by atoms with Gasteiger partial charge in [0.15, 0.2) is 11.6 Å². The molecule has 2 aliphatic carbocycles.